The molecule has 198 valence electrons. The summed E-state index contributed by atoms with van der Waals surface area (Å²) in [5.41, 5.74) is 7.09. The van der Waals surface area contributed by atoms with Crippen LogP contribution in [0.25, 0.3) is 22.2 Å². The summed E-state index contributed by atoms with van der Waals surface area (Å²) in [6.07, 6.45) is 6.66. The van der Waals surface area contributed by atoms with E-state index in [1.54, 1.807) is 0 Å². The van der Waals surface area contributed by atoms with Crippen LogP contribution < -0.4 is 5.32 Å². The van der Waals surface area contributed by atoms with Gasteiger partial charge in [-0.15, -0.1) is 0 Å². The Morgan fingerprint density at radius 1 is 0.641 bits per heavy atom. The molecule has 0 unspecified atom stereocenters. The Morgan fingerprint density at radius 2 is 1.33 bits per heavy atom. The van der Waals surface area contributed by atoms with E-state index in [9.17, 15) is 4.79 Å². The molecule has 4 nitrogen and oxygen atoms in total. The molecule has 5 rings (SSSR count). The Bertz CT molecular complexity index is 1460. The zero-order chi connectivity index (χ0) is 26.7. The van der Waals surface area contributed by atoms with Crippen LogP contribution in [0.15, 0.2) is 109 Å². The number of carbonyl (C=O) groups excluding carboxylic acids is 1. The standard InChI is InChI=1S/C35H37N3O/c39-35(27-29-21-23-31(24-22-29)30-16-6-2-7-17-30)36-25-11-3-8-20-34-37-32-18-9-10-19-33(32)38(34)26-12-15-28-13-4-1-5-14-28/h1-2,4-7,9-10,13-14,16-19,21-24H,3,8,11-12,15,20,25-27H2,(H,36,39). The molecule has 0 saturated heterocycles. The van der Waals surface area contributed by atoms with Crippen LogP contribution in [0.1, 0.15) is 42.6 Å². The highest BCUT2D eigenvalue weighted by Crippen LogP contribution is 2.20. The fourth-order valence-electron chi connectivity index (χ4n) is 5.16. The highest BCUT2D eigenvalue weighted by molar-refractivity contribution is 5.79. The fourth-order valence-corrected chi connectivity index (χ4v) is 5.16. The maximum absolute atomic E-state index is 12.4. The van der Waals surface area contributed by atoms with Crippen LogP contribution in [0.2, 0.25) is 0 Å². The van der Waals surface area contributed by atoms with Crippen LogP contribution in [0.4, 0.5) is 0 Å². The molecule has 0 bridgehead atoms. The number of nitrogens with one attached hydrogen (secondary N) is 1. The van der Waals surface area contributed by atoms with Crippen molar-refractivity contribution in [3.05, 3.63) is 126 Å². The fraction of sp³-hybridized carbons (Fsp3) is 0.257. The summed E-state index contributed by atoms with van der Waals surface area (Å²) in [4.78, 5) is 17.4. The SMILES string of the molecule is O=C(Cc1ccc(-c2ccccc2)cc1)NCCCCCc1nc2ccccc2n1CCCc1ccccc1. The molecule has 0 fully saturated rings. The lowest BCUT2D eigenvalue weighted by atomic mass is 10.0. The number of hydrogen-bond donors (Lipinski definition) is 1. The third-order valence-electron chi connectivity index (χ3n) is 7.25. The van der Waals surface area contributed by atoms with Gasteiger partial charge in [0.05, 0.1) is 17.5 Å². The lowest BCUT2D eigenvalue weighted by Gasteiger charge is -2.10. The van der Waals surface area contributed by atoms with Crippen molar-refractivity contribution in [2.45, 2.75) is 51.5 Å². The van der Waals surface area contributed by atoms with E-state index in [2.05, 4.69) is 88.7 Å². The predicted molar refractivity (Wildman–Crippen MR) is 161 cm³/mol. The highest BCUT2D eigenvalue weighted by Gasteiger charge is 2.10. The molecule has 0 aliphatic heterocycles. The number of rotatable bonds is 13. The first-order chi connectivity index (χ1) is 19.3. The van der Waals surface area contributed by atoms with Gasteiger partial charge in [-0.25, -0.2) is 4.98 Å². The Hall–Kier alpha value is -4.18. The lowest BCUT2D eigenvalue weighted by molar-refractivity contribution is -0.120. The van der Waals surface area contributed by atoms with Crippen molar-refractivity contribution in [2.24, 2.45) is 0 Å². The Morgan fingerprint density at radius 3 is 2.13 bits per heavy atom. The van der Waals surface area contributed by atoms with Crippen LogP contribution in [-0.4, -0.2) is 22.0 Å². The predicted octanol–water partition coefficient (Wildman–Crippen LogP) is 7.41. The Balaban J connectivity index is 1.04. The van der Waals surface area contributed by atoms with E-state index in [-0.39, 0.29) is 5.91 Å². The van der Waals surface area contributed by atoms with Crippen LogP contribution in [0, 0.1) is 0 Å². The monoisotopic (exact) mass is 515 g/mol. The second-order valence-corrected chi connectivity index (χ2v) is 10.2. The van der Waals surface area contributed by atoms with E-state index in [1.807, 2.05) is 30.3 Å². The van der Waals surface area contributed by atoms with Crippen molar-refractivity contribution in [1.29, 1.82) is 0 Å². The van der Waals surface area contributed by atoms with Gasteiger partial charge < -0.3 is 9.88 Å². The van der Waals surface area contributed by atoms with Gasteiger partial charge in [-0.1, -0.05) is 103 Å². The molecule has 4 heteroatoms. The van der Waals surface area contributed by atoms with Crippen molar-refractivity contribution in [3.63, 3.8) is 0 Å². The van der Waals surface area contributed by atoms with Crippen LogP contribution in [-0.2, 0) is 30.6 Å². The molecule has 0 saturated carbocycles. The van der Waals surface area contributed by atoms with Crippen molar-refractivity contribution < 1.29 is 4.79 Å². The van der Waals surface area contributed by atoms with Crippen LogP contribution in [0.5, 0.6) is 0 Å². The van der Waals surface area contributed by atoms with Crippen LogP contribution in [0.3, 0.4) is 0 Å². The summed E-state index contributed by atoms with van der Waals surface area (Å²) in [6.45, 7) is 1.70. The summed E-state index contributed by atoms with van der Waals surface area (Å²) in [6, 6.07) is 37.7. The normalized spacial score (nSPS) is 11.1. The summed E-state index contributed by atoms with van der Waals surface area (Å²) in [5, 5.41) is 3.09. The van der Waals surface area contributed by atoms with Crippen LogP contribution >= 0.6 is 0 Å². The van der Waals surface area contributed by atoms with E-state index in [4.69, 9.17) is 4.98 Å². The molecular formula is C35H37N3O. The highest BCUT2D eigenvalue weighted by atomic mass is 16.1. The van der Waals surface area contributed by atoms with Gasteiger partial charge in [0.2, 0.25) is 5.91 Å². The van der Waals surface area contributed by atoms with Gasteiger partial charge in [-0.2, -0.15) is 0 Å². The van der Waals surface area contributed by atoms with Gasteiger partial charge in [0, 0.05) is 19.5 Å². The minimum Gasteiger partial charge on any atom is -0.356 e. The molecule has 1 amide bonds. The molecule has 0 aliphatic rings. The first kappa shape index (κ1) is 26.4. The van der Waals surface area contributed by atoms with Crippen molar-refractivity contribution in [2.75, 3.05) is 6.54 Å². The zero-order valence-corrected chi connectivity index (χ0v) is 22.6. The molecule has 0 spiro atoms. The number of imidazole rings is 1. The number of aryl methyl sites for hydroxylation is 3. The number of carbonyl (C=O) groups is 1. The number of unbranched alkanes of at least 4 members (excludes halogenated alkanes) is 2. The van der Waals surface area contributed by atoms with Gasteiger partial charge in [0.15, 0.2) is 0 Å². The molecule has 4 aromatic carbocycles. The number of benzene rings is 4. The second-order valence-electron chi connectivity index (χ2n) is 10.2. The third-order valence-corrected chi connectivity index (χ3v) is 7.25. The molecule has 5 aromatic rings. The number of amides is 1. The zero-order valence-electron chi connectivity index (χ0n) is 22.6. The van der Waals surface area contributed by atoms with E-state index >= 15 is 0 Å². The van der Waals surface area contributed by atoms with Gasteiger partial charge in [-0.05, 0) is 60.1 Å². The largest absolute Gasteiger partial charge is 0.356 e. The number of para-hydroxylation sites is 2. The average molecular weight is 516 g/mol. The number of hydrogen-bond acceptors (Lipinski definition) is 2. The van der Waals surface area contributed by atoms with E-state index in [0.29, 0.717) is 13.0 Å². The molecule has 39 heavy (non-hydrogen) atoms. The maximum atomic E-state index is 12.4. The quantitative estimate of drug-likeness (QED) is 0.166. The summed E-state index contributed by atoms with van der Waals surface area (Å²) in [7, 11) is 0. The second kappa shape index (κ2) is 13.6. The molecular weight excluding hydrogens is 478 g/mol. The summed E-state index contributed by atoms with van der Waals surface area (Å²) in [5.74, 6) is 1.26. The van der Waals surface area contributed by atoms with Crippen molar-refractivity contribution in [3.8, 4) is 11.1 Å². The minimum absolute atomic E-state index is 0.0858. The smallest absolute Gasteiger partial charge is 0.224 e. The molecule has 0 atom stereocenters. The molecule has 0 aliphatic carbocycles. The Kier molecular flexibility index (Phi) is 9.19. The maximum Gasteiger partial charge on any atom is 0.224 e. The average Bonchev–Trinajstić information content (AvgIpc) is 3.33. The summed E-state index contributed by atoms with van der Waals surface area (Å²) >= 11 is 0. The molecule has 0 radical (unpaired) electrons. The van der Waals surface area contributed by atoms with Gasteiger partial charge in [0.25, 0.3) is 0 Å². The lowest BCUT2D eigenvalue weighted by Crippen LogP contribution is -2.26. The Labute approximate surface area is 231 Å². The van der Waals surface area contributed by atoms with Gasteiger partial charge in [0.1, 0.15) is 5.82 Å². The minimum atomic E-state index is 0.0858. The van der Waals surface area contributed by atoms with E-state index in [0.717, 1.165) is 56.1 Å². The van der Waals surface area contributed by atoms with E-state index < -0.39 is 0 Å². The van der Waals surface area contributed by atoms with Gasteiger partial charge in [-0.3, -0.25) is 4.79 Å². The van der Waals surface area contributed by atoms with Crippen molar-refractivity contribution in [1.82, 2.24) is 14.9 Å². The van der Waals surface area contributed by atoms with E-state index in [1.165, 1.54) is 28.0 Å². The topological polar surface area (TPSA) is 46.9 Å². The summed E-state index contributed by atoms with van der Waals surface area (Å²) < 4.78 is 2.41. The number of nitrogens with zero attached hydrogens (tertiary/aromatic N) is 2. The molecule has 1 N–H and O–H groups in total. The first-order valence-electron chi connectivity index (χ1n) is 14.2. The number of aromatic nitrogens is 2. The molecule has 1 aromatic heterocycles. The van der Waals surface area contributed by atoms with Crippen molar-refractivity contribution >= 4 is 16.9 Å². The molecule has 1 heterocycles. The number of fused-ring (bicyclic) bond motifs is 1. The van der Waals surface area contributed by atoms with Gasteiger partial charge >= 0.3 is 0 Å². The first-order valence-corrected chi connectivity index (χ1v) is 14.2. The third kappa shape index (κ3) is 7.44.